The van der Waals surface area contributed by atoms with Gasteiger partial charge in [0.1, 0.15) is 0 Å². The van der Waals surface area contributed by atoms with Crippen molar-refractivity contribution in [3.05, 3.63) is 0 Å². The second kappa shape index (κ2) is 3.79. The largest absolute Gasteiger partial charge is 0.465 e. The summed E-state index contributed by atoms with van der Waals surface area (Å²) in [6.07, 6.45) is -1.88. The number of nitrogens with zero attached hydrogens (tertiary/aromatic N) is 2. The van der Waals surface area contributed by atoms with Gasteiger partial charge in [-0.05, 0) is 6.42 Å². The van der Waals surface area contributed by atoms with Crippen LogP contribution in [-0.4, -0.2) is 63.3 Å². The molecule has 0 aromatic rings. The molecule has 8 heteroatoms. The van der Waals surface area contributed by atoms with Gasteiger partial charge in [0.25, 0.3) is 0 Å². The highest BCUT2D eigenvalue weighted by Crippen LogP contribution is 2.35. The second-order valence-corrected chi connectivity index (χ2v) is 4.27. The van der Waals surface area contributed by atoms with Crippen molar-refractivity contribution in [2.24, 2.45) is 11.7 Å². The van der Waals surface area contributed by atoms with Gasteiger partial charge in [-0.25, -0.2) is 9.59 Å². The molecule has 94 valence electrons. The van der Waals surface area contributed by atoms with E-state index in [1.807, 2.05) is 0 Å². The van der Waals surface area contributed by atoms with Gasteiger partial charge in [-0.15, -0.1) is 0 Å². The van der Waals surface area contributed by atoms with Crippen LogP contribution in [0, 0.1) is 5.92 Å². The van der Waals surface area contributed by atoms with E-state index in [2.05, 4.69) is 0 Å². The van der Waals surface area contributed by atoms with Gasteiger partial charge >= 0.3 is 12.2 Å². The molecule has 2 fully saturated rings. The monoisotopic (exact) mass is 243 g/mol. The lowest BCUT2D eigenvalue weighted by Gasteiger charge is -2.24. The number of carbonyl (C=O) groups excluding carboxylic acids is 1. The zero-order valence-electron chi connectivity index (χ0n) is 8.94. The minimum absolute atomic E-state index is 0.0240. The number of primary amides is 1. The summed E-state index contributed by atoms with van der Waals surface area (Å²) < 4.78 is 0. The number of nitrogens with two attached hydrogens (primary N) is 1. The number of hydrogen-bond donors (Lipinski definition) is 3. The molecule has 0 spiro atoms. The van der Waals surface area contributed by atoms with Crippen LogP contribution in [0.15, 0.2) is 0 Å². The quantitative estimate of drug-likeness (QED) is 0.556. The Morgan fingerprint density at radius 2 is 1.71 bits per heavy atom. The average Bonchev–Trinajstić information content (AvgIpc) is 2.73. The zero-order chi connectivity index (χ0) is 12.7. The first kappa shape index (κ1) is 11.5. The highest BCUT2D eigenvalue weighted by molar-refractivity contribution is 5.81. The molecule has 0 saturated carbocycles. The molecule has 2 aliphatic rings. The number of hydrogen-bond acceptors (Lipinski definition) is 3. The SMILES string of the molecule is NC(=O)C1CN(C(=O)O)C2CCN(C(=O)O)C12. The van der Waals surface area contributed by atoms with E-state index in [1.165, 1.54) is 0 Å². The molecule has 2 rings (SSSR count). The zero-order valence-corrected chi connectivity index (χ0v) is 8.94. The Hall–Kier alpha value is -1.99. The summed E-state index contributed by atoms with van der Waals surface area (Å²) in [5.41, 5.74) is 5.20. The van der Waals surface area contributed by atoms with Crippen molar-refractivity contribution >= 4 is 18.1 Å². The van der Waals surface area contributed by atoms with E-state index >= 15 is 0 Å². The standard InChI is InChI=1S/C9H13N3O5/c10-7(13)4-3-12(9(16)17)5-1-2-11(6(4)5)8(14)15/h4-6H,1-3H2,(H2,10,13)(H,14,15)(H,16,17). The molecule has 3 unspecified atom stereocenters. The molecular weight excluding hydrogens is 230 g/mol. The summed E-state index contributed by atoms with van der Waals surface area (Å²) >= 11 is 0. The number of likely N-dealkylation sites (tertiary alicyclic amines) is 2. The van der Waals surface area contributed by atoms with Gasteiger partial charge < -0.3 is 25.7 Å². The van der Waals surface area contributed by atoms with Gasteiger partial charge in [-0.1, -0.05) is 0 Å². The van der Waals surface area contributed by atoms with Crippen molar-refractivity contribution < 1.29 is 24.6 Å². The van der Waals surface area contributed by atoms with Gasteiger partial charge in [-0.3, -0.25) is 4.79 Å². The van der Waals surface area contributed by atoms with Crippen LogP contribution in [0.3, 0.4) is 0 Å². The third-order valence-electron chi connectivity index (χ3n) is 3.48. The van der Waals surface area contributed by atoms with Crippen LogP contribution in [0.1, 0.15) is 6.42 Å². The lowest BCUT2D eigenvalue weighted by molar-refractivity contribution is -0.122. The van der Waals surface area contributed by atoms with Crippen molar-refractivity contribution in [3.63, 3.8) is 0 Å². The molecule has 0 bridgehead atoms. The highest BCUT2D eigenvalue weighted by Gasteiger charge is 2.53. The lowest BCUT2D eigenvalue weighted by Crippen LogP contribution is -2.45. The number of fused-ring (bicyclic) bond motifs is 1. The normalized spacial score (nSPS) is 31.4. The van der Waals surface area contributed by atoms with Crippen LogP contribution in [0.25, 0.3) is 0 Å². The first-order chi connectivity index (χ1) is 7.93. The Morgan fingerprint density at radius 3 is 2.18 bits per heavy atom. The summed E-state index contributed by atoms with van der Waals surface area (Å²) in [7, 11) is 0. The molecular formula is C9H13N3O5. The van der Waals surface area contributed by atoms with E-state index in [0.29, 0.717) is 6.42 Å². The predicted octanol–water partition coefficient (Wildman–Crippen LogP) is -0.798. The fourth-order valence-electron chi connectivity index (χ4n) is 2.78. The third-order valence-corrected chi connectivity index (χ3v) is 3.48. The fourth-order valence-corrected chi connectivity index (χ4v) is 2.78. The van der Waals surface area contributed by atoms with Crippen molar-refractivity contribution in [3.8, 4) is 0 Å². The van der Waals surface area contributed by atoms with E-state index in [9.17, 15) is 14.4 Å². The average molecular weight is 243 g/mol. The van der Waals surface area contributed by atoms with Crippen LogP contribution < -0.4 is 5.73 Å². The van der Waals surface area contributed by atoms with E-state index in [4.69, 9.17) is 15.9 Å². The van der Waals surface area contributed by atoms with E-state index in [-0.39, 0.29) is 13.1 Å². The fraction of sp³-hybridized carbons (Fsp3) is 0.667. The van der Waals surface area contributed by atoms with E-state index in [1.54, 1.807) is 0 Å². The van der Waals surface area contributed by atoms with Crippen molar-refractivity contribution in [1.29, 1.82) is 0 Å². The van der Waals surface area contributed by atoms with Crippen LogP contribution in [-0.2, 0) is 4.79 Å². The molecule has 2 heterocycles. The first-order valence-corrected chi connectivity index (χ1v) is 5.22. The van der Waals surface area contributed by atoms with Gasteiger partial charge in [0.2, 0.25) is 5.91 Å². The Balaban J connectivity index is 2.29. The van der Waals surface area contributed by atoms with E-state index < -0.39 is 36.1 Å². The topological polar surface area (TPSA) is 124 Å². The maximum atomic E-state index is 11.3. The Labute approximate surface area is 96.6 Å². The number of amides is 3. The van der Waals surface area contributed by atoms with Crippen molar-refractivity contribution in [1.82, 2.24) is 9.80 Å². The van der Waals surface area contributed by atoms with Gasteiger partial charge in [0, 0.05) is 13.1 Å². The number of carboxylic acid groups (broad SMARTS) is 2. The van der Waals surface area contributed by atoms with Gasteiger partial charge in [-0.2, -0.15) is 0 Å². The summed E-state index contributed by atoms with van der Waals surface area (Å²) in [5, 5.41) is 18.0. The highest BCUT2D eigenvalue weighted by atomic mass is 16.4. The maximum Gasteiger partial charge on any atom is 0.407 e. The van der Waals surface area contributed by atoms with Crippen LogP contribution in [0.2, 0.25) is 0 Å². The van der Waals surface area contributed by atoms with Gasteiger partial charge in [0.15, 0.2) is 0 Å². The molecule has 0 aromatic heterocycles. The maximum absolute atomic E-state index is 11.3. The number of carbonyl (C=O) groups is 3. The Bertz CT molecular complexity index is 373. The predicted molar refractivity (Wildman–Crippen MR) is 54.3 cm³/mol. The molecule has 2 aliphatic heterocycles. The Kier molecular flexibility index (Phi) is 2.56. The molecule has 17 heavy (non-hydrogen) atoms. The number of rotatable bonds is 1. The second-order valence-electron chi connectivity index (χ2n) is 4.27. The summed E-state index contributed by atoms with van der Waals surface area (Å²) in [4.78, 5) is 35.5. The van der Waals surface area contributed by atoms with Gasteiger partial charge in [0.05, 0.1) is 18.0 Å². The summed E-state index contributed by atoms with van der Waals surface area (Å²) in [6, 6.07) is -1.10. The van der Waals surface area contributed by atoms with Crippen LogP contribution >= 0.6 is 0 Å². The molecule has 0 aromatic carbocycles. The molecule has 3 atom stereocenters. The molecule has 8 nitrogen and oxygen atoms in total. The van der Waals surface area contributed by atoms with Crippen LogP contribution in [0.5, 0.6) is 0 Å². The minimum atomic E-state index is -1.14. The molecule has 0 radical (unpaired) electrons. The molecule has 2 saturated heterocycles. The molecule has 4 N–H and O–H groups in total. The summed E-state index contributed by atoms with van der Waals surface area (Å²) in [5.74, 6) is -1.41. The summed E-state index contributed by atoms with van der Waals surface area (Å²) in [6.45, 7) is 0.210. The van der Waals surface area contributed by atoms with Crippen molar-refractivity contribution in [2.75, 3.05) is 13.1 Å². The van der Waals surface area contributed by atoms with Crippen molar-refractivity contribution in [2.45, 2.75) is 18.5 Å². The molecule has 0 aliphatic carbocycles. The Morgan fingerprint density at radius 1 is 1.12 bits per heavy atom. The minimum Gasteiger partial charge on any atom is -0.465 e. The first-order valence-electron chi connectivity index (χ1n) is 5.22. The smallest absolute Gasteiger partial charge is 0.407 e. The van der Waals surface area contributed by atoms with E-state index in [0.717, 1.165) is 9.80 Å². The molecule has 3 amide bonds. The lowest BCUT2D eigenvalue weighted by atomic mass is 9.99. The van der Waals surface area contributed by atoms with Crippen LogP contribution in [0.4, 0.5) is 9.59 Å². The third kappa shape index (κ3) is 1.65.